The molecule has 1 aliphatic heterocycles. The largest absolute Gasteiger partial charge is 0.387 e. The molecule has 4 nitrogen and oxygen atoms in total. The summed E-state index contributed by atoms with van der Waals surface area (Å²) < 4.78 is 1.12. The average Bonchev–Trinajstić information content (AvgIpc) is 2.75. The van der Waals surface area contributed by atoms with Gasteiger partial charge in [0.15, 0.2) is 0 Å². The first-order valence-corrected chi connectivity index (χ1v) is 6.90. The highest BCUT2D eigenvalue weighted by molar-refractivity contribution is 9.10. The maximum atomic E-state index is 3.47. The Morgan fingerprint density at radius 2 is 2.39 bits per heavy atom. The van der Waals surface area contributed by atoms with E-state index in [4.69, 9.17) is 0 Å². The fraction of sp³-hybridized carbons (Fsp3) is 0.385. The Balaban J connectivity index is 1.69. The summed E-state index contributed by atoms with van der Waals surface area (Å²) in [6.45, 7) is 3.86. The van der Waals surface area contributed by atoms with Gasteiger partial charge in [0, 0.05) is 37.7 Å². The summed E-state index contributed by atoms with van der Waals surface area (Å²) >= 11 is 3.47. The molecular formula is C13H19BrN4. The third-order valence-corrected chi connectivity index (χ3v) is 3.38. The molecule has 2 N–H and O–H groups in total. The Labute approximate surface area is 117 Å². The number of benzene rings is 1. The monoisotopic (exact) mass is 310 g/mol. The smallest absolute Gasteiger partial charge is 0.0395 e. The van der Waals surface area contributed by atoms with Crippen molar-refractivity contribution < 1.29 is 0 Å². The van der Waals surface area contributed by atoms with E-state index in [-0.39, 0.29) is 0 Å². The lowest BCUT2D eigenvalue weighted by Gasteiger charge is -2.20. The number of hydrogen-bond acceptors (Lipinski definition) is 4. The molecule has 1 aromatic rings. The highest BCUT2D eigenvalue weighted by atomic mass is 79.9. The van der Waals surface area contributed by atoms with E-state index in [1.807, 2.05) is 24.4 Å². The van der Waals surface area contributed by atoms with E-state index in [2.05, 4.69) is 56.0 Å². The minimum Gasteiger partial charge on any atom is -0.387 e. The highest BCUT2D eigenvalue weighted by Gasteiger charge is 2.14. The number of hydrogen-bond donors (Lipinski definition) is 2. The lowest BCUT2D eigenvalue weighted by molar-refractivity contribution is 0.0295. The SMILES string of the molecule is CN1NCCN1C/C=C/NCc1cccc(Br)c1. The molecule has 1 heterocycles. The molecule has 0 aliphatic carbocycles. The Bertz CT molecular complexity index is 408. The van der Waals surface area contributed by atoms with Crippen LogP contribution in [-0.2, 0) is 6.54 Å². The molecule has 18 heavy (non-hydrogen) atoms. The Hall–Kier alpha value is -0.880. The van der Waals surface area contributed by atoms with Crippen LogP contribution in [-0.4, -0.2) is 36.8 Å². The molecule has 1 fully saturated rings. The van der Waals surface area contributed by atoms with E-state index >= 15 is 0 Å². The minimum absolute atomic E-state index is 0.851. The first kappa shape index (κ1) is 13.5. The van der Waals surface area contributed by atoms with Gasteiger partial charge in [-0.3, -0.25) is 0 Å². The number of nitrogens with zero attached hydrogens (tertiary/aromatic N) is 2. The van der Waals surface area contributed by atoms with Crippen molar-refractivity contribution >= 4 is 15.9 Å². The molecule has 1 aliphatic rings. The standard InChI is InChI=1S/C13H19BrN4/c1-17-16-7-9-18(17)8-3-6-15-11-12-4-2-5-13(14)10-12/h2-6,10,15-16H,7-9,11H2,1H3/b6-3+. The van der Waals surface area contributed by atoms with Gasteiger partial charge in [0.1, 0.15) is 0 Å². The van der Waals surface area contributed by atoms with E-state index in [9.17, 15) is 0 Å². The van der Waals surface area contributed by atoms with Crippen molar-refractivity contribution in [3.63, 3.8) is 0 Å². The quantitative estimate of drug-likeness (QED) is 0.867. The summed E-state index contributed by atoms with van der Waals surface area (Å²) in [5.74, 6) is 0. The molecule has 5 heteroatoms. The number of rotatable bonds is 5. The zero-order chi connectivity index (χ0) is 12.8. The van der Waals surface area contributed by atoms with Crippen LogP contribution < -0.4 is 10.7 Å². The normalized spacial score (nSPS) is 17.7. The van der Waals surface area contributed by atoms with E-state index in [0.717, 1.165) is 30.7 Å². The van der Waals surface area contributed by atoms with Gasteiger partial charge >= 0.3 is 0 Å². The second-order valence-corrected chi connectivity index (χ2v) is 5.17. The molecular weight excluding hydrogens is 292 g/mol. The third kappa shape index (κ3) is 4.10. The molecule has 0 bridgehead atoms. The van der Waals surface area contributed by atoms with Crippen LogP contribution in [0.2, 0.25) is 0 Å². The number of hydrazine groups is 2. The van der Waals surface area contributed by atoms with E-state index in [1.54, 1.807) is 0 Å². The molecule has 0 aromatic heterocycles. The lowest BCUT2D eigenvalue weighted by Crippen LogP contribution is -2.38. The van der Waals surface area contributed by atoms with Crippen LogP contribution in [0.4, 0.5) is 0 Å². The van der Waals surface area contributed by atoms with Crippen molar-refractivity contribution in [3.05, 3.63) is 46.6 Å². The zero-order valence-corrected chi connectivity index (χ0v) is 12.2. The average molecular weight is 311 g/mol. The van der Waals surface area contributed by atoms with E-state index < -0.39 is 0 Å². The van der Waals surface area contributed by atoms with Crippen molar-refractivity contribution in [2.45, 2.75) is 6.54 Å². The molecule has 1 saturated heterocycles. The van der Waals surface area contributed by atoms with E-state index in [0.29, 0.717) is 0 Å². The summed E-state index contributed by atoms with van der Waals surface area (Å²) in [7, 11) is 2.04. The molecule has 0 amide bonds. The molecule has 0 atom stereocenters. The van der Waals surface area contributed by atoms with Crippen molar-refractivity contribution in [3.8, 4) is 0 Å². The Morgan fingerprint density at radius 1 is 1.50 bits per heavy atom. The van der Waals surface area contributed by atoms with Crippen molar-refractivity contribution in [1.29, 1.82) is 0 Å². The molecule has 98 valence electrons. The van der Waals surface area contributed by atoms with Crippen molar-refractivity contribution in [1.82, 2.24) is 20.9 Å². The Kier molecular flexibility index (Phi) is 5.19. The molecule has 0 spiro atoms. The molecule has 2 rings (SSSR count). The summed E-state index contributed by atoms with van der Waals surface area (Å²) in [5.41, 5.74) is 4.51. The van der Waals surface area contributed by atoms with Gasteiger partial charge in [0.25, 0.3) is 0 Å². The van der Waals surface area contributed by atoms with Crippen molar-refractivity contribution in [2.24, 2.45) is 0 Å². The summed E-state index contributed by atoms with van der Waals surface area (Å²) in [6.07, 6.45) is 4.16. The number of halogens is 1. The Morgan fingerprint density at radius 3 is 3.11 bits per heavy atom. The second-order valence-electron chi connectivity index (χ2n) is 4.26. The first-order chi connectivity index (χ1) is 8.75. The second kappa shape index (κ2) is 6.89. The molecule has 0 radical (unpaired) electrons. The van der Waals surface area contributed by atoms with Gasteiger partial charge in [-0.25, -0.2) is 10.4 Å². The maximum Gasteiger partial charge on any atom is 0.0395 e. The van der Waals surface area contributed by atoms with Gasteiger partial charge in [0.05, 0.1) is 0 Å². The topological polar surface area (TPSA) is 30.5 Å². The third-order valence-electron chi connectivity index (χ3n) is 2.88. The maximum absolute atomic E-state index is 3.47. The summed E-state index contributed by atoms with van der Waals surface area (Å²) in [6, 6.07) is 8.33. The fourth-order valence-electron chi connectivity index (χ4n) is 1.89. The first-order valence-electron chi connectivity index (χ1n) is 6.10. The van der Waals surface area contributed by atoms with Crippen LogP contribution in [0.15, 0.2) is 41.0 Å². The molecule has 0 unspecified atom stereocenters. The zero-order valence-electron chi connectivity index (χ0n) is 10.6. The van der Waals surface area contributed by atoms with Crippen LogP contribution in [0.1, 0.15) is 5.56 Å². The van der Waals surface area contributed by atoms with Crippen LogP contribution in [0, 0.1) is 0 Å². The van der Waals surface area contributed by atoms with Gasteiger partial charge in [-0.15, -0.1) is 0 Å². The lowest BCUT2D eigenvalue weighted by atomic mass is 10.2. The van der Waals surface area contributed by atoms with Crippen LogP contribution in [0.3, 0.4) is 0 Å². The van der Waals surface area contributed by atoms with Gasteiger partial charge in [-0.05, 0) is 23.9 Å². The van der Waals surface area contributed by atoms with E-state index in [1.165, 1.54) is 5.56 Å². The van der Waals surface area contributed by atoms with Crippen LogP contribution in [0.25, 0.3) is 0 Å². The summed E-state index contributed by atoms with van der Waals surface area (Å²) in [4.78, 5) is 0. The molecule has 0 saturated carbocycles. The minimum atomic E-state index is 0.851. The van der Waals surface area contributed by atoms with Gasteiger partial charge < -0.3 is 5.32 Å². The van der Waals surface area contributed by atoms with Gasteiger partial charge in [-0.1, -0.05) is 34.1 Å². The predicted octanol–water partition coefficient (Wildman–Crippen LogP) is 1.72. The van der Waals surface area contributed by atoms with Gasteiger partial charge in [0.2, 0.25) is 0 Å². The van der Waals surface area contributed by atoms with Gasteiger partial charge in [-0.2, -0.15) is 5.12 Å². The predicted molar refractivity (Wildman–Crippen MR) is 77.5 cm³/mol. The van der Waals surface area contributed by atoms with Crippen LogP contribution in [0.5, 0.6) is 0 Å². The van der Waals surface area contributed by atoms with Crippen LogP contribution >= 0.6 is 15.9 Å². The summed E-state index contributed by atoms with van der Waals surface area (Å²) in [5, 5.41) is 7.59. The molecule has 1 aromatic carbocycles. The highest BCUT2D eigenvalue weighted by Crippen LogP contribution is 2.11. The van der Waals surface area contributed by atoms with Crippen molar-refractivity contribution in [2.75, 3.05) is 26.7 Å². The number of nitrogens with one attached hydrogen (secondary N) is 2. The fourth-order valence-corrected chi connectivity index (χ4v) is 2.33.